The van der Waals surface area contributed by atoms with Gasteiger partial charge < -0.3 is 5.73 Å². The lowest BCUT2D eigenvalue weighted by atomic mass is 10.1. The minimum atomic E-state index is -0.266. The maximum absolute atomic E-state index is 10.9. The van der Waals surface area contributed by atoms with Gasteiger partial charge in [-0.3, -0.25) is 9.59 Å². The molecule has 0 bridgehead atoms. The molecular weight excluding hydrogens is 218 g/mol. The average Bonchev–Trinajstić information content (AvgIpc) is 2.11. The molecule has 0 aliphatic heterocycles. The van der Waals surface area contributed by atoms with Gasteiger partial charge in [-0.2, -0.15) is 0 Å². The van der Waals surface area contributed by atoms with Gasteiger partial charge in [0.25, 0.3) is 0 Å². The van der Waals surface area contributed by atoms with Gasteiger partial charge in [0.05, 0.1) is 0 Å². The van der Waals surface area contributed by atoms with E-state index in [1.807, 2.05) is 13.8 Å². The number of carbonyl (C=O) groups is 2. The van der Waals surface area contributed by atoms with Gasteiger partial charge in [0, 0.05) is 23.3 Å². The summed E-state index contributed by atoms with van der Waals surface area (Å²) in [6.07, 6.45) is 0. The molecule has 0 aliphatic rings. The number of primary amides is 1. The summed E-state index contributed by atoms with van der Waals surface area (Å²) in [5.74, 6) is 1.45. The average molecular weight is 235 g/mol. The molecule has 82 valence electrons. The zero-order valence-electron chi connectivity index (χ0n) is 8.78. The van der Waals surface area contributed by atoms with E-state index in [1.165, 1.54) is 0 Å². The molecule has 3 nitrogen and oxygen atoms in total. The monoisotopic (exact) mass is 235 g/mol. The summed E-state index contributed by atoms with van der Waals surface area (Å²) < 4.78 is 0. The summed E-state index contributed by atoms with van der Waals surface area (Å²) in [5, 5.41) is 0. The van der Waals surface area contributed by atoms with E-state index in [1.54, 1.807) is 28.5 Å². The molecule has 0 aromatic carbocycles. The molecule has 2 N–H and O–H groups in total. The van der Waals surface area contributed by atoms with Gasteiger partial charge in [-0.05, 0) is 6.92 Å². The standard InChI is InChI=1S/C9H17NO2S2/c1-6(8(3)11)4-13-14-5-7(2)9(10)12/h6-7H,4-5H2,1-3H3,(H2,10,12). The molecule has 0 heterocycles. The number of hydrogen-bond donors (Lipinski definition) is 1. The zero-order valence-corrected chi connectivity index (χ0v) is 10.4. The van der Waals surface area contributed by atoms with E-state index in [2.05, 4.69) is 0 Å². The van der Waals surface area contributed by atoms with Gasteiger partial charge in [-0.15, -0.1) is 0 Å². The van der Waals surface area contributed by atoms with Gasteiger partial charge >= 0.3 is 0 Å². The third-order valence-corrected chi connectivity index (χ3v) is 4.65. The number of ketones is 1. The summed E-state index contributed by atoms with van der Waals surface area (Å²) in [6.45, 7) is 5.32. The smallest absolute Gasteiger partial charge is 0.221 e. The Morgan fingerprint density at radius 2 is 1.57 bits per heavy atom. The van der Waals surface area contributed by atoms with Crippen molar-refractivity contribution in [2.75, 3.05) is 11.5 Å². The summed E-state index contributed by atoms with van der Waals surface area (Å²) in [7, 11) is 3.22. The predicted molar refractivity (Wildman–Crippen MR) is 63.1 cm³/mol. The van der Waals surface area contributed by atoms with Crippen LogP contribution >= 0.6 is 21.6 Å². The maximum atomic E-state index is 10.9. The van der Waals surface area contributed by atoms with Crippen molar-refractivity contribution in [3.8, 4) is 0 Å². The van der Waals surface area contributed by atoms with Gasteiger partial charge in [0.2, 0.25) is 5.91 Å². The molecule has 0 aromatic heterocycles. The Kier molecular flexibility index (Phi) is 7.09. The number of nitrogens with two attached hydrogens (primary N) is 1. The minimum absolute atomic E-state index is 0.0939. The fourth-order valence-corrected chi connectivity index (χ4v) is 3.30. The van der Waals surface area contributed by atoms with Crippen LogP contribution in [0.4, 0.5) is 0 Å². The first-order valence-electron chi connectivity index (χ1n) is 4.49. The van der Waals surface area contributed by atoms with Gasteiger partial charge in [0.1, 0.15) is 5.78 Å². The van der Waals surface area contributed by atoms with Crippen LogP contribution in [0, 0.1) is 11.8 Å². The summed E-state index contributed by atoms with van der Waals surface area (Å²) in [5.41, 5.74) is 5.11. The number of amides is 1. The molecule has 1 amide bonds. The molecule has 0 radical (unpaired) electrons. The lowest BCUT2D eigenvalue weighted by molar-refractivity contribution is -0.121. The lowest BCUT2D eigenvalue weighted by Crippen LogP contribution is -2.22. The van der Waals surface area contributed by atoms with Crippen molar-refractivity contribution in [1.82, 2.24) is 0 Å². The zero-order chi connectivity index (χ0) is 11.1. The van der Waals surface area contributed by atoms with Crippen molar-refractivity contribution >= 4 is 33.3 Å². The fraction of sp³-hybridized carbons (Fsp3) is 0.778. The molecule has 5 heteroatoms. The van der Waals surface area contributed by atoms with Crippen molar-refractivity contribution in [3.63, 3.8) is 0 Å². The predicted octanol–water partition coefficient (Wildman–Crippen LogP) is 1.71. The topological polar surface area (TPSA) is 60.2 Å². The molecule has 2 unspecified atom stereocenters. The third-order valence-electron chi connectivity index (χ3n) is 1.90. The molecule has 0 rings (SSSR count). The van der Waals surface area contributed by atoms with Crippen LogP contribution in [-0.4, -0.2) is 23.2 Å². The molecule has 0 fully saturated rings. The van der Waals surface area contributed by atoms with Crippen molar-refractivity contribution < 1.29 is 9.59 Å². The van der Waals surface area contributed by atoms with Crippen LogP contribution in [0.5, 0.6) is 0 Å². The Morgan fingerprint density at radius 3 is 1.93 bits per heavy atom. The van der Waals surface area contributed by atoms with E-state index in [-0.39, 0.29) is 23.5 Å². The summed E-state index contributed by atoms with van der Waals surface area (Å²) in [4.78, 5) is 21.6. The lowest BCUT2D eigenvalue weighted by Gasteiger charge is -2.08. The fourth-order valence-electron chi connectivity index (χ4n) is 0.500. The Labute approximate surface area is 93.0 Å². The van der Waals surface area contributed by atoms with E-state index in [9.17, 15) is 9.59 Å². The van der Waals surface area contributed by atoms with Crippen molar-refractivity contribution in [1.29, 1.82) is 0 Å². The van der Waals surface area contributed by atoms with Crippen LogP contribution in [0.15, 0.2) is 0 Å². The quantitative estimate of drug-likeness (QED) is 0.539. The minimum Gasteiger partial charge on any atom is -0.369 e. The first kappa shape index (κ1) is 13.8. The molecule has 0 aromatic rings. The van der Waals surface area contributed by atoms with E-state index in [4.69, 9.17) is 5.73 Å². The van der Waals surface area contributed by atoms with E-state index in [0.717, 1.165) is 5.75 Å². The number of Topliss-reactive ketones (excluding diaryl/α,β-unsaturated/α-hetero) is 1. The normalized spacial score (nSPS) is 14.8. The number of carbonyl (C=O) groups excluding carboxylic acids is 2. The molecular formula is C9H17NO2S2. The third kappa shape index (κ3) is 6.32. The van der Waals surface area contributed by atoms with Crippen LogP contribution in [0.1, 0.15) is 20.8 Å². The summed E-state index contributed by atoms with van der Waals surface area (Å²) in [6, 6.07) is 0. The number of hydrogen-bond acceptors (Lipinski definition) is 4. The highest BCUT2D eigenvalue weighted by Crippen LogP contribution is 2.26. The van der Waals surface area contributed by atoms with Gasteiger partial charge in [-0.1, -0.05) is 35.4 Å². The maximum Gasteiger partial charge on any atom is 0.221 e. The SMILES string of the molecule is CC(=O)C(C)CSSCC(C)C(N)=O. The van der Waals surface area contributed by atoms with Crippen LogP contribution in [0.2, 0.25) is 0 Å². The molecule has 0 aliphatic carbocycles. The van der Waals surface area contributed by atoms with Gasteiger partial charge in [-0.25, -0.2) is 0 Å². The molecule has 0 saturated carbocycles. The highest BCUT2D eigenvalue weighted by molar-refractivity contribution is 8.76. The highest BCUT2D eigenvalue weighted by atomic mass is 33.1. The number of rotatable bonds is 7. The Balaban J connectivity index is 3.47. The largest absolute Gasteiger partial charge is 0.369 e. The first-order valence-corrected chi connectivity index (χ1v) is 6.98. The first-order chi connectivity index (χ1) is 6.45. The van der Waals surface area contributed by atoms with Crippen LogP contribution < -0.4 is 5.73 Å². The second-order valence-corrected chi connectivity index (χ2v) is 5.94. The van der Waals surface area contributed by atoms with Gasteiger partial charge in [0.15, 0.2) is 0 Å². The second-order valence-electron chi connectivity index (χ2n) is 3.38. The van der Waals surface area contributed by atoms with Crippen molar-refractivity contribution in [3.05, 3.63) is 0 Å². The highest BCUT2D eigenvalue weighted by Gasteiger charge is 2.10. The molecule has 14 heavy (non-hydrogen) atoms. The van der Waals surface area contributed by atoms with Crippen LogP contribution in [-0.2, 0) is 9.59 Å². The van der Waals surface area contributed by atoms with Crippen molar-refractivity contribution in [2.24, 2.45) is 17.6 Å². The summed E-state index contributed by atoms with van der Waals surface area (Å²) >= 11 is 0. The second kappa shape index (κ2) is 7.17. The van der Waals surface area contributed by atoms with E-state index >= 15 is 0 Å². The molecule has 0 spiro atoms. The van der Waals surface area contributed by atoms with Crippen LogP contribution in [0.3, 0.4) is 0 Å². The Bertz CT molecular complexity index is 187. The van der Waals surface area contributed by atoms with E-state index in [0.29, 0.717) is 5.75 Å². The van der Waals surface area contributed by atoms with Crippen LogP contribution in [0.25, 0.3) is 0 Å². The van der Waals surface area contributed by atoms with E-state index < -0.39 is 0 Å². The van der Waals surface area contributed by atoms with Crippen molar-refractivity contribution in [2.45, 2.75) is 20.8 Å². The Morgan fingerprint density at radius 1 is 1.14 bits per heavy atom. The molecule has 2 atom stereocenters. The molecule has 0 saturated heterocycles. The Hall–Kier alpha value is -0.160.